The number of nitrogens with zero attached hydrogens (tertiary/aromatic N) is 2. The Bertz CT molecular complexity index is 499. The summed E-state index contributed by atoms with van der Waals surface area (Å²) >= 11 is 0. The molecular formula is C10H9FN2O3. The van der Waals surface area contributed by atoms with Gasteiger partial charge in [-0.05, 0) is 12.1 Å². The molecule has 2 aromatic rings. The second-order valence-corrected chi connectivity index (χ2v) is 3.15. The standard InChI is InChI=1S/C10H9FN2O3/c11-6-1-2-7(8(15)5-6)10-12-9(3-4-14)13-16-10/h1-2,5,14-15H,3-4H2. The number of aliphatic hydroxyl groups is 1. The van der Waals surface area contributed by atoms with Gasteiger partial charge in [0.05, 0.1) is 12.2 Å². The van der Waals surface area contributed by atoms with Gasteiger partial charge in [-0.3, -0.25) is 0 Å². The van der Waals surface area contributed by atoms with Gasteiger partial charge in [0.1, 0.15) is 11.6 Å². The number of aromatic nitrogens is 2. The Balaban J connectivity index is 2.35. The molecule has 0 amide bonds. The third kappa shape index (κ3) is 2.01. The lowest BCUT2D eigenvalue weighted by molar-refractivity contribution is 0.293. The lowest BCUT2D eigenvalue weighted by Gasteiger charge is -1.97. The SMILES string of the molecule is OCCc1noc(-c2ccc(F)cc2O)n1. The number of aliphatic hydroxyl groups excluding tert-OH is 1. The highest BCUT2D eigenvalue weighted by molar-refractivity contribution is 5.61. The summed E-state index contributed by atoms with van der Waals surface area (Å²) in [6, 6.07) is 3.50. The minimum atomic E-state index is -0.545. The third-order valence-electron chi connectivity index (χ3n) is 1.99. The second kappa shape index (κ2) is 4.28. The van der Waals surface area contributed by atoms with E-state index in [0.717, 1.165) is 6.07 Å². The van der Waals surface area contributed by atoms with Crippen molar-refractivity contribution < 1.29 is 19.1 Å². The molecule has 0 unspecified atom stereocenters. The quantitative estimate of drug-likeness (QED) is 0.816. The summed E-state index contributed by atoms with van der Waals surface area (Å²) in [4.78, 5) is 3.94. The molecular weight excluding hydrogens is 215 g/mol. The maximum Gasteiger partial charge on any atom is 0.261 e. The molecule has 5 nitrogen and oxygen atoms in total. The molecule has 16 heavy (non-hydrogen) atoms. The maximum absolute atomic E-state index is 12.7. The van der Waals surface area contributed by atoms with E-state index in [2.05, 4.69) is 10.1 Å². The highest BCUT2D eigenvalue weighted by Crippen LogP contribution is 2.28. The van der Waals surface area contributed by atoms with E-state index in [9.17, 15) is 9.50 Å². The Morgan fingerprint density at radius 3 is 2.88 bits per heavy atom. The van der Waals surface area contributed by atoms with Crippen molar-refractivity contribution in [3.05, 3.63) is 29.8 Å². The van der Waals surface area contributed by atoms with E-state index in [0.29, 0.717) is 5.82 Å². The van der Waals surface area contributed by atoms with Crippen LogP contribution in [0.4, 0.5) is 4.39 Å². The molecule has 0 aliphatic heterocycles. The van der Waals surface area contributed by atoms with Crippen molar-refractivity contribution in [3.63, 3.8) is 0 Å². The zero-order chi connectivity index (χ0) is 11.5. The van der Waals surface area contributed by atoms with Gasteiger partial charge in [-0.25, -0.2) is 4.39 Å². The first-order valence-corrected chi connectivity index (χ1v) is 4.63. The van der Waals surface area contributed by atoms with Crippen molar-refractivity contribution in [2.45, 2.75) is 6.42 Å². The van der Waals surface area contributed by atoms with Crippen molar-refractivity contribution in [1.29, 1.82) is 0 Å². The molecule has 1 heterocycles. The average molecular weight is 224 g/mol. The topological polar surface area (TPSA) is 79.4 Å². The highest BCUT2D eigenvalue weighted by Gasteiger charge is 2.12. The van der Waals surface area contributed by atoms with Crippen LogP contribution in [0.2, 0.25) is 0 Å². The Morgan fingerprint density at radius 2 is 2.19 bits per heavy atom. The summed E-state index contributed by atoms with van der Waals surface area (Å²) in [5, 5.41) is 21.7. The number of aromatic hydroxyl groups is 1. The van der Waals surface area contributed by atoms with Crippen molar-refractivity contribution in [2.75, 3.05) is 6.61 Å². The molecule has 84 valence electrons. The molecule has 0 aliphatic rings. The predicted molar refractivity (Wildman–Crippen MR) is 52.1 cm³/mol. The van der Waals surface area contributed by atoms with Gasteiger partial charge in [0.25, 0.3) is 5.89 Å². The molecule has 0 spiro atoms. The summed E-state index contributed by atoms with van der Waals surface area (Å²) in [6.07, 6.45) is 0.269. The molecule has 2 rings (SSSR count). The zero-order valence-electron chi connectivity index (χ0n) is 8.22. The molecule has 0 atom stereocenters. The first-order chi connectivity index (χ1) is 7.70. The van der Waals surface area contributed by atoms with Crippen LogP contribution in [0.3, 0.4) is 0 Å². The molecule has 0 saturated heterocycles. The number of hydrogen-bond acceptors (Lipinski definition) is 5. The van der Waals surface area contributed by atoms with Gasteiger partial charge in [0, 0.05) is 12.5 Å². The number of phenols is 1. The van der Waals surface area contributed by atoms with Crippen LogP contribution in [0.15, 0.2) is 22.7 Å². The van der Waals surface area contributed by atoms with Gasteiger partial charge in [-0.15, -0.1) is 0 Å². The van der Waals surface area contributed by atoms with Crippen LogP contribution >= 0.6 is 0 Å². The van der Waals surface area contributed by atoms with Crippen LogP contribution in [-0.4, -0.2) is 27.0 Å². The number of benzene rings is 1. The van der Waals surface area contributed by atoms with Gasteiger partial charge in [0.2, 0.25) is 0 Å². The molecule has 0 saturated carbocycles. The summed E-state index contributed by atoms with van der Waals surface area (Å²) in [5.41, 5.74) is 0.262. The number of hydrogen-bond donors (Lipinski definition) is 2. The zero-order valence-corrected chi connectivity index (χ0v) is 8.22. The van der Waals surface area contributed by atoms with E-state index in [-0.39, 0.29) is 30.2 Å². The fourth-order valence-corrected chi connectivity index (χ4v) is 1.25. The average Bonchev–Trinajstić information content (AvgIpc) is 2.67. The Labute approximate surface area is 90.2 Å². The van der Waals surface area contributed by atoms with Gasteiger partial charge < -0.3 is 14.7 Å². The van der Waals surface area contributed by atoms with Crippen molar-refractivity contribution >= 4 is 0 Å². The maximum atomic E-state index is 12.7. The van der Waals surface area contributed by atoms with E-state index in [1.54, 1.807) is 0 Å². The second-order valence-electron chi connectivity index (χ2n) is 3.15. The molecule has 6 heteroatoms. The van der Waals surface area contributed by atoms with Crippen molar-refractivity contribution in [1.82, 2.24) is 10.1 Å². The van der Waals surface area contributed by atoms with Crippen LogP contribution < -0.4 is 0 Å². The van der Waals surface area contributed by atoms with E-state index in [4.69, 9.17) is 9.63 Å². The predicted octanol–water partition coefficient (Wildman–Crippen LogP) is 1.12. The van der Waals surface area contributed by atoms with Crippen molar-refractivity contribution in [2.24, 2.45) is 0 Å². The number of halogens is 1. The Morgan fingerprint density at radius 1 is 1.38 bits per heavy atom. The summed E-state index contributed by atoms with van der Waals surface area (Å²) < 4.78 is 17.6. The molecule has 1 aromatic carbocycles. The largest absolute Gasteiger partial charge is 0.507 e. The van der Waals surface area contributed by atoms with Crippen LogP contribution in [-0.2, 0) is 6.42 Å². The van der Waals surface area contributed by atoms with Crippen LogP contribution in [0.5, 0.6) is 5.75 Å². The summed E-state index contributed by atoms with van der Waals surface area (Å²) in [6.45, 7) is -0.0889. The first kappa shape index (κ1) is 10.6. The van der Waals surface area contributed by atoms with Gasteiger partial charge in [-0.1, -0.05) is 5.16 Å². The van der Waals surface area contributed by atoms with E-state index >= 15 is 0 Å². The highest BCUT2D eigenvalue weighted by atomic mass is 19.1. The van der Waals surface area contributed by atoms with E-state index < -0.39 is 5.82 Å². The normalized spacial score (nSPS) is 10.6. The number of rotatable bonds is 3. The lowest BCUT2D eigenvalue weighted by Crippen LogP contribution is -1.92. The Hall–Kier alpha value is -1.95. The van der Waals surface area contributed by atoms with Crippen molar-refractivity contribution in [3.8, 4) is 17.2 Å². The van der Waals surface area contributed by atoms with Gasteiger partial charge in [0.15, 0.2) is 5.82 Å². The lowest BCUT2D eigenvalue weighted by atomic mass is 10.2. The summed E-state index contributed by atoms with van der Waals surface area (Å²) in [5.74, 6) is -0.377. The fourth-order valence-electron chi connectivity index (χ4n) is 1.25. The first-order valence-electron chi connectivity index (χ1n) is 4.63. The molecule has 0 aliphatic carbocycles. The molecule has 1 aromatic heterocycles. The smallest absolute Gasteiger partial charge is 0.261 e. The third-order valence-corrected chi connectivity index (χ3v) is 1.99. The minimum Gasteiger partial charge on any atom is -0.507 e. The minimum absolute atomic E-state index is 0.0889. The molecule has 0 radical (unpaired) electrons. The molecule has 2 N–H and O–H groups in total. The molecule has 0 fully saturated rings. The Kier molecular flexibility index (Phi) is 2.82. The van der Waals surface area contributed by atoms with Gasteiger partial charge in [-0.2, -0.15) is 4.98 Å². The van der Waals surface area contributed by atoms with Crippen LogP contribution in [0.1, 0.15) is 5.82 Å². The van der Waals surface area contributed by atoms with Gasteiger partial charge >= 0.3 is 0 Å². The summed E-state index contributed by atoms with van der Waals surface area (Å²) in [7, 11) is 0. The molecule has 0 bridgehead atoms. The van der Waals surface area contributed by atoms with E-state index in [1.807, 2.05) is 0 Å². The van der Waals surface area contributed by atoms with E-state index in [1.165, 1.54) is 12.1 Å². The van der Waals surface area contributed by atoms with Crippen LogP contribution in [0, 0.1) is 5.82 Å². The monoisotopic (exact) mass is 224 g/mol. The fraction of sp³-hybridized carbons (Fsp3) is 0.200. The van der Waals surface area contributed by atoms with Crippen LogP contribution in [0.25, 0.3) is 11.5 Å². The number of phenolic OH excluding ortho intramolecular Hbond substituents is 1.